The minimum absolute atomic E-state index is 0.306. The molecule has 0 aliphatic carbocycles. The molecule has 0 amide bonds. The van der Waals surface area contributed by atoms with E-state index in [1.807, 2.05) is 12.1 Å². The molecule has 2 heteroatoms. The first-order valence-electron chi connectivity index (χ1n) is 4.23. The van der Waals surface area contributed by atoms with Gasteiger partial charge in [-0.05, 0) is 42.9 Å². The molecule has 1 radical (unpaired) electrons. The molecule has 0 aromatic heterocycles. The van der Waals surface area contributed by atoms with Crippen molar-refractivity contribution in [1.29, 1.82) is 0 Å². The minimum atomic E-state index is 0.306. The van der Waals surface area contributed by atoms with E-state index >= 15 is 0 Å². The normalized spacial score (nSPS) is 10.5. The summed E-state index contributed by atoms with van der Waals surface area (Å²) in [6.45, 7) is 6.08. The summed E-state index contributed by atoms with van der Waals surface area (Å²) < 4.78 is 5.21. The molecule has 1 aromatic carbocycles. The molecule has 0 bridgehead atoms. The van der Waals surface area contributed by atoms with E-state index in [1.165, 1.54) is 10.5 Å². The van der Waals surface area contributed by atoms with Gasteiger partial charge in [-0.2, -0.15) is 0 Å². The van der Waals surface area contributed by atoms with E-state index in [0.717, 1.165) is 5.75 Å². The molecule has 1 nitrogen and oxygen atoms in total. The minimum Gasteiger partial charge on any atom is -0.497 e. The van der Waals surface area contributed by atoms with Gasteiger partial charge in [-0.1, -0.05) is 6.92 Å². The first-order valence-corrected chi connectivity index (χ1v) is 5.46. The predicted molar refractivity (Wildman–Crippen MR) is 58.5 cm³/mol. The maximum Gasteiger partial charge on any atom is 0.120 e. The molecule has 0 N–H and O–H groups in total. The van der Waals surface area contributed by atoms with Gasteiger partial charge in [-0.3, -0.25) is 0 Å². The third-order valence-electron chi connectivity index (χ3n) is 1.94. The number of ether oxygens (including phenoxy) is 1. The van der Waals surface area contributed by atoms with Crippen LogP contribution in [0.3, 0.4) is 0 Å². The Morgan fingerprint density at radius 1 is 1.38 bits per heavy atom. The number of hydrogen-bond donors (Lipinski definition) is 0. The van der Waals surface area contributed by atoms with Crippen molar-refractivity contribution in [2.45, 2.75) is 17.7 Å². The highest BCUT2D eigenvalue weighted by atomic mass is 32.2. The van der Waals surface area contributed by atoms with Gasteiger partial charge in [0.15, 0.2) is 0 Å². The molecule has 0 fully saturated rings. The van der Waals surface area contributed by atoms with Crippen LogP contribution in [0.5, 0.6) is 5.75 Å². The van der Waals surface area contributed by atoms with Crippen LogP contribution in [-0.4, -0.2) is 13.4 Å². The molecule has 0 aliphatic heterocycles. The van der Waals surface area contributed by atoms with E-state index in [0.29, 0.717) is 5.92 Å². The van der Waals surface area contributed by atoms with Gasteiger partial charge in [0, 0.05) is 4.90 Å². The maximum atomic E-state index is 5.21. The average Bonchev–Trinajstić information content (AvgIpc) is 2.16. The Morgan fingerprint density at radius 2 is 2.08 bits per heavy atom. The SMILES string of the molecule is [CH2]C(C)c1cc(OC)cc(SC)c1. The van der Waals surface area contributed by atoms with Crippen LogP contribution in [0.25, 0.3) is 0 Å². The predicted octanol–water partition coefficient (Wildman–Crippen LogP) is 3.35. The second-order valence-corrected chi connectivity index (χ2v) is 3.93. The van der Waals surface area contributed by atoms with Gasteiger partial charge in [0.05, 0.1) is 7.11 Å². The fourth-order valence-corrected chi connectivity index (χ4v) is 1.60. The van der Waals surface area contributed by atoms with Gasteiger partial charge >= 0.3 is 0 Å². The largest absolute Gasteiger partial charge is 0.497 e. The summed E-state index contributed by atoms with van der Waals surface area (Å²) in [6.07, 6.45) is 2.06. The van der Waals surface area contributed by atoms with Crippen LogP contribution in [0.15, 0.2) is 23.1 Å². The first-order chi connectivity index (χ1) is 6.17. The van der Waals surface area contributed by atoms with Crippen LogP contribution in [0.1, 0.15) is 18.4 Å². The van der Waals surface area contributed by atoms with E-state index in [4.69, 9.17) is 4.74 Å². The zero-order valence-electron chi connectivity index (χ0n) is 8.33. The molecule has 0 saturated carbocycles. The Morgan fingerprint density at radius 3 is 2.54 bits per heavy atom. The Bertz CT molecular complexity index is 259. The number of hydrogen-bond acceptors (Lipinski definition) is 2. The molecule has 1 rings (SSSR count). The fraction of sp³-hybridized carbons (Fsp3) is 0.364. The smallest absolute Gasteiger partial charge is 0.120 e. The van der Waals surface area contributed by atoms with Gasteiger partial charge in [-0.25, -0.2) is 0 Å². The molecule has 71 valence electrons. The Labute approximate surface area is 84.5 Å². The van der Waals surface area contributed by atoms with E-state index in [1.54, 1.807) is 18.9 Å². The molecule has 0 saturated heterocycles. The van der Waals surface area contributed by atoms with E-state index in [2.05, 4.69) is 26.2 Å². The van der Waals surface area contributed by atoms with Gasteiger partial charge in [-0.15, -0.1) is 11.8 Å². The van der Waals surface area contributed by atoms with Crippen LogP contribution in [0.4, 0.5) is 0 Å². The first kappa shape index (κ1) is 10.5. The highest BCUT2D eigenvalue weighted by molar-refractivity contribution is 7.98. The summed E-state index contributed by atoms with van der Waals surface area (Å²) >= 11 is 1.72. The lowest BCUT2D eigenvalue weighted by molar-refractivity contribution is 0.413. The zero-order valence-corrected chi connectivity index (χ0v) is 9.15. The third kappa shape index (κ3) is 2.66. The van der Waals surface area contributed by atoms with Crippen molar-refractivity contribution in [2.75, 3.05) is 13.4 Å². The van der Waals surface area contributed by atoms with Crippen molar-refractivity contribution in [3.63, 3.8) is 0 Å². The van der Waals surface area contributed by atoms with Crippen molar-refractivity contribution in [3.05, 3.63) is 30.7 Å². The second kappa shape index (κ2) is 4.56. The van der Waals surface area contributed by atoms with Gasteiger partial charge in [0.1, 0.15) is 5.75 Å². The molecule has 0 aliphatic rings. The lowest BCUT2D eigenvalue weighted by Crippen LogP contribution is -1.91. The molecule has 0 spiro atoms. The highest BCUT2D eigenvalue weighted by Crippen LogP contribution is 2.27. The highest BCUT2D eigenvalue weighted by Gasteiger charge is 2.03. The lowest BCUT2D eigenvalue weighted by Gasteiger charge is -2.09. The molecular weight excluding hydrogens is 180 g/mol. The molecule has 0 heterocycles. The third-order valence-corrected chi connectivity index (χ3v) is 2.65. The van der Waals surface area contributed by atoms with Crippen LogP contribution in [0.2, 0.25) is 0 Å². The van der Waals surface area contributed by atoms with E-state index in [-0.39, 0.29) is 0 Å². The molecule has 1 aromatic rings. The van der Waals surface area contributed by atoms with Crippen LogP contribution >= 0.6 is 11.8 Å². The number of benzene rings is 1. The molecular formula is C11H15OS. The summed E-state index contributed by atoms with van der Waals surface area (Å²) in [6, 6.07) is 6.23. The van der Waals surface area contributed by atoms with Crippen LogP contribution in [-0.2, 0) is 0 Å². The van der Waals surface area contributed by atoms with Gasteiger partial charge < -0.3 is 4.74 Å². The second-order valence-electron chi connectivity index (χ2n) is 3.05. The Hall–Kier alpha value is -0.630. The van der Waals surface area contributed by atoms with Crippen LogP contribution in [0, 0.1) is 6.92 Å². The lowest BCUT2D eigenvalue weighted by atomic mass is 10.0. The van der Waals surface area contributed by atoms with E-state index in [9.17, 15) is 0 Å². The number of rotatable bonds is 3. The Balaban J connectivity index is 3.07. The number of thioether (sulfide) groups is 1. The van der Waals surface area contributed by atoms with Gasteiger partial charge in [0.25, 0.3) is 0 Å². The molecule has 1 unspecified atom stereocenters. The summed E-state index contributed by atoms with van der Waals surface area (Å²) in [7, 11) is 1.69. The van der Waals surface area contributed by atoms with Crippen LogP contribution < -0.4 is 4.74 Å². The molecule has 13 heavy (non-hydrogen) atoms. The fourth-order valence-electron chi connectivity index (χ4n) is 1.11. The monoisotopic (exact) mass is 195 g/mol. The topological polar surface area (TPSA) is 9.23 Å². The average molecular weight is 195 g/mol. The maximum absolute atomic E-state index is 5.21. The molecule has 1 atom stereocenters. The zero-order chi connectivity index (χ0) is 9.84. The standard InChI is InChI=1S/C11H15OS/c1-8(2)9-5-10(12-3)7-11(6-9)13-4/h5-8H,1H2,2-4H3. The van der Waals surface area contributed by atoms with Crippen molar-refractivity contribution in [3.8, 4) is 5.75 Å². The summed E-state index contributed by atoms with van der Waals surface area (Å²) in [5.41, 5.74) is 1.23. The van der Waals surface area contributed by atoms with Crippen molar-refractivity contribution < 1.29 is 4.74 Å². The summed E-state index contributed by atoms with van der Waals surface area (Å²) in [5.74, 6) is 1.22. The van der Waals surface area contributed by atoms with Gasteiger partial charge in [0.2, 0.25) is 0 Å². The summed E-state index contributed by atoms with van der Waals surface area (Å²) in [5, 5.41) is 0. The van der Waals surface area contributed by atoms with Crippen molar-refractivity contribution in [1.82, 2.24) is 0 Å². The summed E-state index contributed by atoms with van der Waals surface area (Å²) in [4.78, 5) is 1.23. The quantitative estimate of drug-likeness (QED) is 0.684. The Kier molecular flexibility index (Phi) is 3.67. The van der Waals surface area contributed by atoms with Crippen molar-refractivity contribution >= 4 is 11.8 Å². The van der Waals surface area contributed by atoms with Crippen molar-refractivity contribution in [2.24, 2.45) is 0 Å². The van der Waals surface area contributed by atoms with E-state index < -0.39 is 0 Å². The number of methoxy groups -OCH3 is 1.